The van der Waals surface area contributed by atoms with Crippen molar-refractivity contribution >= 4 is 23.4 Å². The van der Waals surface area contributed by atoms with E-state index in [1.807, 2.05) is 0 Å². The van der Waals surface area contributed by atoms with Crippen molar-refractivity contribution in [3.05, 3.63) is 24.3 Å². The quantitative estimate of drug-likeness (QED) is 0.875. The van der Waals surface area contributed by atoms with Crippen LogP contribution in [0, 0.1) is 0 Å². The molecule has 1 atom stereocenters. The van der Waals surface area contributed by atoms with Gasteiger partial charge in [0.25, 0.3) is 0 Å². The fourth-order valence-electron chi connectivity index (χ4n) is 2.11. The van der Waals surface area contributed by atoms with Crippen LogP contribution in [0.4, 0.5) is 16.2 Å². The Bertz CT molecular complexity index is 551. The molecule has 114 valence electrons. The maximum Gasteiger partial charge on any atom is 0.412 e. The first-order valence-electron chi connectivity index (χ1n) is 6.83. The smallest absolute Gasteiger partial charge is 0.412 e. The van der Waals surface area contributed by atoms with E-state index in [0.29, 0.717) is 11.4 Å². The summed E-state index contributed by atoms with van der Waals surface area (Å²) in [6.07, 6.45) is -1.06. The lowest BCUT2D eigenvalue weighted by Gasteiger charge is -2.20. The van der Waals surface area contributed by atoms with Crippen LogP contribution in [0.15, 0.2) is 24.3 Å². The number of anilines is 2. The Balaban J connectivity index is 2.08. The molecule has 6 heteroatoms. The van der Waals surface area contributed by atoms with Gasteiger partial charge in [-0.1, -0.05) is 6.07 Å². The number of aliphatic hydroxyl groups excluding tert-OH is 1. The molecule has 1 aliphatic heterocycles. The van der Waals surface area contributed by atoms with Gasteiger partial charge >= 0.3 is 6.09 Å². The highest BCUT2D eigenvalue weighted by Gasteiger charge is 2.29. The fraction of sp³-hybridized carbons (Fsp3) is 0.467. The average Bonchev–Trinajstić information content (AvgIpc) is 2.66. The standard InChI is InChI=1S/C15H20N2O4/c1-15(2,3)21-14(20)16-10-5-4-6-11(7-10)17-9-12(18)8-13(17)19/h4-7,12,18H,8-9H2,1-3H3,(H,16,20). The molecule has 6 nitrogen and oxygen atoms in total. The summed E-state index contributed by atoms with van der Waals surface area (Å²) in [6, 6.07) is 6.89. The van der Waals surface area contributed by atoms with Gasteiger partial charge in [0, 0.05) is 11.4 Å². The second-order valence-electron chi connectivity index (χ2n) is 6.04. The van der Waals surface area contributed by atoms with Crippen LogP contribution in [-0.4, -0.2) is 35.4 Å². The van der Waals surface area contributed by atoms with E-state index >= 15 is 0 Å². The van der Waals surface area contributed by atoms with Crippen molar-refractivity contribution in [2.75, 3.05) is 16.8 Å². The van der Waals surface area contributed by atoms with E-state index in [1.165, 1.54) is 4.90 Å². The predicted octanol–water partition coefficient (Wildman–Crippen LogP) is 2.13. The molecular formula is C15H20N2O4. The molecule has 2 N–H and O–H groups in total. The van der Waals surface area contributed by atoms with Gasteiger partial charge in [-0.25, -0.2) is 4.79 Å². The first-order valence-corrected chi connectivity index (χ1v) is 6.83. The van der Waals surface area contributed by atoms with Crippen molar-refractivity contribution in [3.8, 4) is 0 Å². The number of hydrogen-bond acceptors (Lipinski definition) is 4. The molecule has 0 aliphatic carbocycles. The molecule has 0 bridgehead atoms. The molecule has 1 aromatic rings. The Morgan fingerprint density at radius 3 is 2.71 bits per heavy atom. The third kappa shape index (κ3) is 4.19. The molecular weight excluding hydrogens is 272 g/mol. The summed E-state index contributed by atoms with van der Waals surface area (Å²) in [5.74, 6) is -0.128. The number of hydrogen-bond donors (Lipinski definition) is 2. The minimum atomic E-state index is -0.639. The number of aliphatic hydroxyl groups is 1. The molecule has 1 saturated heterocycles. The summed E-state index contributed by atoms with van der Waals surface area (Å²) in [5, 5.41) is 12.1. The number of nitrogens with zero attached hydrogens (tertiary/aromatic N) is 1. The lowest BCUT2D eigenvalue weighted by atomic mass is 10.2. The van der Waals surface area contributed by atoms with Gasteiger partial charge < -0.3 is 14.7 Å². The summed E-state index contributed by atoms with van der Waals surface area (Å²) in [7, 11) is 0. The number of benzene rings is 1. The summed E-state index contributed by atoms with van der Waals surface area (Å²) in [5.41, 5.74) is 0.609. The summed E-state index contributed by atoms with van der Waals surface area (Å²) in [6.45, 7) is 5.63. The lowest BCUT2D eigenvalue weighted by molar-refractivity contribution is -0.117. The first kappa shape index (κ1) is 15.3. The molecule has 1 unspecified atom stereocenters. The number of carbonyl (C=O) groups is 2. The lowest BCUT2D eigenvalue weighted by Crippen LogP contribution is -2.27. The van der Waals surface area contributed by atoms with E-state index in [9.17, 15) is 14.7 Å². The molecule has 1 aromatic carbocycles. The van der Waals surface area contributed by atoms with E-state index < -0.39 is 17.8 Å². The Labute approximate surface area is 123 Å². The molecule has 0 spiro atoms. The van der Waals surface area contributed by atoms with E-state index in [2.05, 4.69) is 5.32 Å². The zero-order valence-electron chi connectivity index (χ0n) is 12.4. The second kappa shape index (κ2) is 5.73. The molecule has 21 heavy (non-hydrogen) atoms. The van der Waals surface area contributed by atoms with E-state index in [1.54, 1.807) is 45.0 Å². The molecule has 1 fully saturated rings. The van der Waals surface area contributed by atoms with Crippen LogP contribution in [0.25, 0.3) is 0 Å². The van der Waals surface area contributed by atoms with Gasteiger partial charge in [0.2, 0.25) is 5.91 Å². The monoisotopic (exact) mass is 292 g/mol. The Hall–Kier alpha value is -2.08. The van der Waals surface area contributed by atoms with Gasteiger partial charge in [0.1, 0.15) is 5.60 Å². The number of β-amino-alcohol motifs (C(OH)–C–C–N with tert-alkyl or cyclic N) is 1. The molecule has 2 rings (SSSR count). The third-order valence-corrected chi connectivity index (χ3v) is 2.91. The Morgan fingerprint density at radius 1 is 1.43 bits per heavy atom. The van der Waals surface area contributed by atoms with Gasteiger partial charge in [-0.05, 0) is 39.0 Å². The maximum atomic E-state index is 11.8. The number of nitrogens with one attached hydrogen (secondary N) is 1. The predicted molar refractivity (Wildman–Crippen MR) is 79.3 cm³/mol. The first-order chi connectivity index (χ1) is 9.74. The van der Waals surface area contributed by atoms with Crippen LogP contribution in [-0.2, 0) is 9.53 Å². The van der Waals surface area contributed by atoms with Crippen molar-refractivity contribution in [2.24, 2.45) is 0 Å². The van der Waals surface area contributed by atoms with Gasteiger partial charge in [-0.3, -0.25) is 10.1 Å². The van der Waals surface area contributed by atoms with Crippen molar-refractivity contribution in [3.63, 3.8) is 0 Å². The Morgan fingerprint density at radius 2 is 2.14 bits per heavy atom. The summed E-state index contributed by atoms with van der Waals surface area (Å²) in [4.78, 5) is 25.0. The highest BCUT2D eigenvalue weighted by atomic mass is 16.6. The van der Waals surface area contributed by atoms with Crippen LogP contribution < -0.4 is 10.2 Å². The SMILES string of the molecule is CC(C)(C)OC(=O)Nc1cccc(N2CC(O)CC2=O)c1. The van der Waals surface area contributed by atoms with Crippen molar-refractivity contribution in [1.82, 2.24) is 0 Å². The van der Waals surface area contributed by atoms with Crippen LogP contribution in [0.5, 0.6) is 0 Å². The number of ether oxygens (including phenoxy) is 1. The zero-order chi connectivity index (χ0) is 15.6. The number of amides is 2. The minimum absolute atomic E-state index is 0.128. The van der Waals surface area contributed by atoms with E-state index in [4.69, 9.17) is 4.74 Å². The molecule has 0 radical (unpaired) electrons. The van der Waals surface area contributed by atoms with Crippen LogP contribution in [0.1, 0.15) is 27.2 Å². The minimum Gasteiger partial charge on any atom is -0.444 e. The van der Waals surface area contributed by atoms with E-state index in [0.717, 1.165) is 0 Å². The number of carbonyl (C=O) groups excluding carboxylic acids is 2. The number of rotatable bonds is 2. The van der Waals surface area contributed by atoms with Gasteiger partial charge in [-0.15, -0.1) is 0 Å². The van der Waals surface area contributed by atoms with Crippen molar-refractivity contribution < 1.29 is 19.4 Å². The highest BCUT2D eigenvalue weighted by molar-refractivity contribution is 5.97. The van der Waals surface area contributed by atoms with Gasteiger partial charge in [0.15, 0.2) is 0 Å². The summed E-state index contributed by atoms with van der Waals surface area (Å²) < 4.78 is 5.17. The summed E-state index contributed by atoms with van der Waals surface area (Å²) >= 11 is 0. The van der Waals surface area contributed by atoms with Gasteiger partial charge in [0.05, 0.1) is 19.1 Å². The average molecular weight is 292 g/mol. The largest absolute Gasteiger partial charge is 0.444 e. The highest BCUT2D eigenvalue weighted by Crippen LogP contribution is 2.24. The van der Waals surface area contributed by atoms with Crippen LogP contribution in [0.3, 0.4) is 0 Å². The molecule has 2 amide bonds. The topological polar surface area (TPSA) is 78.9 Å². The maximum absolute atomic E-state index is 11.8. The van der Waals surface area contributed by atoms with E-state index in [-0.39, 0.29) is 18.9 Å². The molecule has 1 aliphatic rings. The zero-order valence-corrected chi connectivity index (χ0v) is 12.4. The normalized spacial score (nSPS) is 18.8. The van der Waals surface area contributed by atoms with Crippen molar-refractivity contribution in [2.45, 2.75) is 38.9 Å². The van der Waals surface area contributed by atoms with Crippen LogP contribution >= 0.6 is 0 Å². The van der Waals surface area contributed by atoms with Crippen LogP contribution in [0.2, 0.25) is 0 Å². The molecule has 0 aromatic heterocycles. The van der Waals surface area contributed by atoms with Crippen molar-refractivity contribution in [1.29, 1.82) is 0 Å². The second-order valence-corrected chi connectivity index (χ2v) is 6.04. The third-order valence-electron chi connectivity index (χ3n) is 2.91. The van der Waals surface area contributed by atoms with Gasteiger partial charge in [-0.2, -0.15) is 0 Å². The Kier molecular flexibility index (Phi) is 4.18. The molecule has 0 saturated carbocycles. The fourth-order valence-corrected chi connectivity index (χ4v) is 2.11. The molecule has 1 heterocycles.